The van der Waals surface area contributed by atoms with Crippen LogP contribution in [0, 0.1) is 0 Å². The van der Waals surface area contributed by atoms with Gasteiger partial charge in [-0.05, 0) is 36.8 Å². The van der Waals surface area contributed by atoms with E-state index >= 15 is 0 Å². The fraction of sp³-hybridized carbons (Fsp3) is 0.231. The molecule has 0 fully saturated rings. The van der Waals surface area contributed by atoms with Crippen LogP contribution in [0.25, 0.3) is 0 Å². The Kier molecular flexibility index (Phi) is 4.84. The van der Waals surface area contributed by atoms with Crippen LogP contribution in [0.4, 0.5) is 5.82 Å². The van der Waals surface area contributed by atoms with Gasteiger partial charge in [0.2, 0.25) is 0 Å². The Bertz CT molecular complexity index is 519. The zero-order valence-electron chi connectivity index (χ0n) is 10.1. The van der Waals surface area contributed by atoms with Gasteiger partial charge in [0, 0.05) is 24.7 Å². The molecule has 2 aromatic rings. The first kappa shape index (κ1) is 13.2. The average Bonchev–Trinajstić information content (AvgIpc) is 2.39. The molecule has 0 atom stereocenters. The van der Waals surface area contributed by atoms with Gasteiger partial charge in [0.1, 0.15) is 10.8 Å². The molecule has 3 nitrogen and oxygen atoms in total. The Balaban J connectivity index is 2.02. The summed E-state index contributed by atoms with van der Waals surface area (Å²) in [6.07, 6.45) is 3.57. The zero-order valence-corrected chi connectivity index (χ0v) is 11.6. The molecule has 0 unspecified atom stereocenters. The molecule has 0 radical (unpaired) electrons. The zero-order chi connectivity index (χ0) is 12.8. The highest BCUT2D eigenvalue weighted by Gasteiger charge is 2.03. The molecule has 0 spiro atoms. The molecule has 2 heterocycles. The molecule has 18 heavy (non-hydrogen) atoms. The van der Waals surface area contributed by atoms with E-state index in [0.717, 1.165) is 23.1 Å². The second-order valence-electron chi connectivity index (χ2n) is 3.66. The minimum absolute atomic E-state index is 0.698. The van der Waals surface area contributed by atoms with Crippen molar-refractivity contribution in [2.24, 2.45) is 0 Å². The SMILES string of the molecule is CCNc1cc(CSc2ncccc2Cl)ccn1. The molecule has 0 bridgehead atoms. The van der Waals surface area contributed by atoms with Gasteiger partial charge >= 0.3 is 0 Å². The topological polar surface area (TPSA) is 37.8 Å². The standard InChI is InChI=1S/C13H14ClN3S/c1-2-15-12-8-10(5-7-16-12)9-18-13-11(14)4-3-6-17-13/h3-8H,2,9H2,1H3,(H,15,16). The molecule has 94 valence electrons. The lowest BCUT2D eigenvalue weighted by Gasteiger charge is -2.06. The van der Waals surface area contributed by atoms with E-state index in [4.69, 9.17) is 11.6 Å². The molecule has 5 heteroatoms. The predicted octanol–water partition coefficient (Wildman–Crippen LogP) is 3.85. The fourth-order valence-corrected chi connectivity index (χ4v) is 2.58. The molecular formula is C13H14ClN3S. The van der Waals surface area contributed by atoms with Gasteiger partial charge in [0.25, 0.3) is 0 Å². The number of anilines is 1. The Morgan fingerprint density at radius 3 is 2.94 bits per heavy atom. The van der Waals surface area contributed by atoms with Crippen molar-refractivity contribution in [2.45, 2.75) is 17.7 Å². The molecule has 0 saturated heterocycles. The maximum absolute atomic E-state index is 6.06. The Morgan fingerprint density at radius 2 is 2.17 bits per heavy atom. The number of aromatic nitrogens is 2. The summed E-state index contributed by atoms with van der Waals surface area (Å²) >= 11 is 7.69. The number of halogens is 1. The summed E-state index contributed by atoms with van der Waals surface area (Å²) in [6, 6.07) is 7.74. The van der Waals surface area contributed by atoms with Crippen LogP contribution in [0.1, 0.15) is 12.5 Å². The minimum Gasteiger partial charge on any atom is -0.370 e. The third-order valence-electron chi connectivity index (χ3n) is 2.28. The van der Waals surface area contributed by atoms with Gasteiger partial charge in [-0.2, -0.15) is 0 Å². The molecule has 2 aromatic heterocycles. The Morgan fingerprint density at radius 1 is 1.28 bits per heavy atom. The molecule has 0 saturated carbocycles. The molecule has 2 rings (SSSR count). The quantitative estimate of drug-likeness (QED) is 0.844. The third kappa shape index (κ3) is 3.62. The molecule has 0 aliphatic heterocycles. The number of hydrogen-bond acceptors (Lipinski definition) is 4. The lowest BCUT2D eigenvalue weighted by Crippen LogP contribution is -1.99. The van der Waals surface area contributed by atoms with Crippen molar-refractivity contribution in [3.05, 3.63) is 47.2 Å². The largest absolute Gasteiger partial charge is 0.370 e. The first-order valence-electron chi connectivity index (χ1n) is 5.71. The number of thioether (sulfide) groups is 1. The van der Waals surface area contributed by atoms with Crippen LogP contribution in [0.2, 0.25) is 5.02 Å². The van der Waals surface area contributed by atoms with E-state index in [2.05, 4.69) is 22.2 Å². The number of hydrogen-bond donors (Lipinski definition) is 1. The average molecular weight is 280 g/mol. The molecule has 0 aliphatic rings. The van der Waals surface area contributed by atoms with Crippen molar-refractivity contribution >= 4 is 29.2 Å². The third-order valence-corrected chi connectivity index (χ3v) is 3.78. The lowest BCUT2D eigenvalue weighted by atomic mass is 10.3. The first-order chi connectivity index (χ1) is 8.79. The molecule has 0 amide bonds. The summed E-state index contributed by atoms with van der Waals surface area (Å²) in [5, 5.41) is 4.76. The van der Waals surface area contributed by atoms with Gasteiger partial charge in [0.15, 0.2) is 0 Å². The fourth-order valence-electron chi connectivity index (χ4n) is 1.47. The highest BCUT2D eigenvalue weighted by Crippen LogP contribution is 2.27. The summed E-state index contributed by atoms with van der Waals surface area (Å²) in [5.41, 5.74) is 1.20. The summed E-state index contributed by atoms with van der Waals surface area (Å²) < 4.78 is 0. The number of nitrogens with one attached hydrogen (secondary N) is 1. The van der Waals surface area contributed by atoms with Gasteiger partial charge in [0.05, 0.1) is 5.02 Å². The Labute approximate surface area is 116 Å². The molecule has 0 aliphatic carbocycles. The highest BCUT2D eigenvalue weighted by atomic mass is 35.5. The maximum Gasteiger partial charge on any atom is 0.126 e. The van der Waals surface area contributed by atoms with Gasteiger partial charge < -0.3 is 5.32 Å². The maximum atomic E-state index is 6.06. The van der Waals surface area contributed by atoms with E-state index in [9.17, 15) is 0 Å². The number of pyridine rings is 2. The van der Waals surface area contributed by atoms with Gasteiger partial charge in [-0.3, -0.25) is 0 Å². The van der Waals surface area contributed by atoms with E-state index in [1.807, 2.05) is 30.5 Å². The summed E-state index contributed by atoms with van der Waals surface area (Å²) in [5.74, 6) is 1.74. The number of nitrogens with zero attached hydrogens (tertiary/aromatic N) is 2. The lowest BCUT2D eigenvalue weighted by molar-refractivity contribution is 1.13. The highest BCUT2D eigenvalue weighted by molar-refractivity contribution is 7.98. The van der Waals surface area contributed by atoms with E-state index < -0.39 is 0 Å². The Hall–Kier alpha value is -1.26. The van der Waals surface area contributed by atoms with Crippen molar-refractivity contribution in [3.8, 4) is 0 Å². The predicted molar refractivity (Wildman–Crippen MR) is 77.2 cm³/mol. The molecular weight excluding hydrogens is 266 g/mol. The summed E-state index contributed by atoms with van der Waals surface area (Å²) in [4.78, 5) is 8.49. The van der Waals surface area contributed by atoms with Crippen molar-refractivity contribution in [1.82, 2.24) is 9.97 Å². The van der Waals surface area contributed by atoms with Gasteiger partial charge in [-0.25, -0.2) is 9.97 Å². The van der Waals surface area contributed by atoms with Crippen LogP contribution >= 0.6 is 23.4 Å². The van der Waals surface area contributed by atoms with Crippen LogP contribution < -0.4 is 5.32 Å². The van der Waals surface area contributed by atoms with E-state index in [1.165, 1.54) is 5.56 Å². The van der Waals surface area contributed by atoms with Crippen molar-refractivity contribution in [1.29, 1.82) is 0 Å². The normalized spacial score (nSPS) is 10.3. The first-order valence-corrected chi connectivity index (χ1v) is 7.08. The van der Waals surface area contributed by atoms with Crippen LogP contribution in [0.3, 0.4) is 0 Å². The van der Waals surface area contributed by atoms with Crippen molar-refractivity contribution in [3.63, 3.8) is 0 Å². The van der Waals surface area contributed by atoms with E-state index in [0.29, 0.717) is 5.02 Å². The van der Waals surface area contributed by atoms with E-state index in [1.54, 1.807) is 18.0 Å². The van der Waals surface area contributed by atoms with Crippen LogP contribution in [-0.4, -0.2) is 16.5 Å². The smallest absolute Gasteiger partial charge is 0.126 e. The van der Waals surface area contributed by atoms with Crippen LogP contribution in [-0.2, 0) is 5.75 Å². The molecule has 0 aromatic carbocycles. The minimum atomic E-state index is 0.698. The van der Waals surface area contributed by atoms with Crippen LogP contribution in [0.15, 0.2) is 41.7 Å². The van der Waals surface area contributed by atoms with Crippen molar-refractivity contribution < 1.29 is 0 Å². The van der Waals surface area contributed by atoms with Crippen molar-refractivity contribution in [2.75, 3.05) is 11.9 Å². The van der Waals surface area contributed by atoms with Crippen LogP contribution in [0.5, 0.6) is 0 Å². The second kappa shape index (κ2) is 6.61. The number of rotatable bonds is 5. The molecule has 1 N–H and O–H groups in total. The monoisotopic (exact) mass is 279 g/mol. The summed E-state index contributed by atoms with van der Waals surface area (Å²) in [6.45, 7) is 2.92. The second-order valence-corrected chi connectivity index (χ2v) is 5.03. The van der Waals surface area contributed by atoms with Gasteiger partial charge in [-0.15, -0.1) is 11.8 Å². The summed E-state index contributed by atoms with van der Waals surface area (Å²) in [7, 11) is 0. The van der Waals surface area contributed by atoms with Gasteiger partial charge in [-0.1, -0.05) is 11.6 Å². The van der Waals surface area contributed by atoms with E-state index in [-0.39, 0.29) is 0 Å².